The second kappa shape index (κ2) is 6.31. The summed E-state index contributed by atoms with van der Waals surface area (Å²) in [6.45, 7) is 3.55. The molecule has 1 aromatic heterocycles. The van der Waals surface area contributed by atoms with Crippen LogP contribution >= 0.6 is 0 Å². The standard InChI is InChI=1S/C17H16N4O2/c1-12(18-19-15-6-4-3-5-7-15)14-8-10-16(11-9-14)21-17(22)23-13(2)20-21/h3-11,19H,1-2H3/b18-12+. The summed E-state index contributed by atoms with van der Waals surface area (Å²) in [4.78, 5) is 11.6. The maximum Gasteiger partial charge on any atom is 0.441 e. The van der Waals surface area contributed by atoms with Gasteiger partial charge >= 0.3 is 5.76 Å². The van der Waals surface area contributed by atoms with Crippen LogP contribution < -0.4 is 11.2 Å². The van der Waals surface area contributed by atoms with Gasteiger partial charge in [0.2, 0.25) is 5.89 Å². The average molecular weight is 308 g/mol. The summed E-state index contributed by atoms with van der Waals surface area (Å²) >= 11 is 0. The number of benzene rings is 2. The van der Waals surface area contributed by atoms with Crippen LogP contribution in [0.15, 0.2) is 68.9 Å². The molecule has 0 spiro atoms. The summed E-state index contributed by atoms with van der Waals surface area (Å²) in [7, 11) is 0. The van der Waals surface area contributed by atoms with Gasteiger partial charge in [-0.15, -0.1) is 5.10 Å². The first-order chi connectivity index (χ1) is 11.1. The van der Waals surface area contributed by atoms with Crippen molar-refractivity contribution in [3.8, 4) is 5.69 Å². The van der Waals surface area contributed by atoms with Crippen molar-refractivity contribution >= 4 is 11.4 Å². The minimum Gasteiger partial charge on any atom is -0.392 e. The van der Waals surface area contributed by atoms with Crippen molar-refractivity contribution in [3.63, 3.8) is 0 Å². The van der Waals surface area contributed by atoms with E-state index in [1.165, 1.54) is 4.68 Å². The number of rotatable bonds is 4. The van der Waals surface area contributed by atoms with Gasteiger partial charge in [-0.1, -0.05) is 30.3 Å². The zero-order valence-electron chi connectivity index (χ0n) is 12.9. The summed E-state index contributed by atoms with van der Waals surface area (Å²) in [5.74, 6) is -0.157. The van der Waals surface area contributed by atoms with Gasteiger partial charge in [0.05, 0.1) is 17.1 Å². The lowest BCUT2D eigenvalue weighted by molar-refractivity contribution is 0.477. The van der Waals surface area contributed by atoms with Crippen LogP contribution in [0.1, 0.15) is 18.4 Å². The van der Waals surface area contributed by atoms with Crippen LogP contribution in [0.3, 0.4) is 0 Å². The smallest absolute Gasteiger partial charge is 0.392 e. The number of hydrogen-bond acceptors (Lipinski definition) is 5. The molecule has 0 aliphatic carbocycles. The number of nitrogens with zero attached hydrogens (tertiary/aromatic N) is 3. The van der Waals surface area contributed by atoms with E-state index in [2.05, 4.69) is 15.6 Å². The molecule has 0 fully saturated rings. The molecule has 3 rings (SSSR count). The molecule has 0 amide bonds. The molecule has 3 aromatic rings. The number of aromatic nitrogens is 2. The molecule has 6 heteroatoms. The molecule has 0 unspecified atom stereocenters. The number of para-hydroxylation sites is 1. The first kappa shape index (κ1) is 14.8. The predicted molar refractivity (Wildman–Crippen MR) is 89.1 cm³/mol. The molecule has 0 radical (unpaired) electrons. The number of anilines is 1. The van der Waals surface area contributed by atoms with Gasteiger partial charge < -0.3 is 4.42 Å². The normalized spacial score (nSPS) is 11.5. The predicted octanol–water partition coefficient (Wildman–Crippen LogP) is 2.97. The fraction of sp³-hybridized carbons (Fsp3) is 0.118. The SMILES string of the molecule is C/C(=N\Nc1ccccc1)c1ccc(-n2nc(C)oc2=O)cc1. The third-order valence-electron chi connectivity index (χ3n) is 3.30. The highest BCUT2D eigenvalue weighted by atomic mass is 16.4. The van der Waals surface area contributed by atoms with Gasteiger partial charge in [-0.3, -0.25) is 5.43 Å². The Morgan fingerprint density at radius 2 is 1.83 bits per heavy atom. The maximum absolute atomic E-state index is 11.6. The molecule has 0 bridgehead atoms. The summed E-state index contributed by atoms with van der Waals surface area (Å²) in [6, 6.07) is 17.1. The van der Waals surface area contributed by atoms with Gasteiger partial charge in [0.1, 0.15) is 0 Å². The Labute approximate surface area is 133 Å². The van der Waals surface area contributed by atoms with Crippen molar-refractivity contribution in [2.75, 3.05) is 5.43 Å². The first-order valence-electron chi connectivity index (χ1n) is 7.16. The van der Waals surface area contributed by atoms with Crippen molar-refractivity contribution in [3.05, 3.63) is 76.6 Å². The molecule has 1 heterocycles. The lowest BCUT2D eigenvalue weighted by Gasteiger charge is -2.04. The molecule has 1 N–H and O–H groups in total. The Hall–Kier alpha value is -3.15. The fourth-order valence-corrected chi connectivity index (χ4v) is 2.10. The Morgan fingerprint density at radius 1 is 1.13 bits per heavy atom. The van der Waals surface area contributed by atoms with E-state index in [-0.39, 0.29) is 0 Å². The minimum atomic E-state index is -0.494. The van der Waals surface area contributed by atoms with E-state index < -0.39 is 5.76 Å². The first-order valence-corrected chi connectivity index (χ1v) is 7.16. The fourth-order valence-electron chi connectivity index (χ4n) is 2.10. The van der Waals surface area contributed by atoms with E-state index in [4.69, 9.17) is 4.42 Å². The quantitative estimate of drug-likeness (QED) is 0.594. The van der Waals surface area contributed by atoms with Crippen molar-refractivity contribution < 1.29 is 4.42 Å². The van der Waals surface area contributed by atoms with E-state index in [1.807, 2.05) is 49.4 Å². The summed E-state index contributed by atoms with van der Waals surface area (Å²) in [5, 5.41) is 8.38. The number of aryl methyl sites for hydroxylation is 1. The van der Waals surface area contributed by atoms with E-state index in [9.17, 15) is 4.79 Å². The Morgan fingerprint density at radius 3 is 2.43 bits per heavy atom. The van der Waals surface area contributed by atoms with E-state index in [1.54, 1.807) is 19.1 Å². The zero-order valence-corrected chi connectivity index (χ0v) is 12.9. The highest BCUT2D eigenvalue weighted by Crippen LogP contribution is 2.10. The molecule has 0 saturated carbocycles. The largest absolute Gasteiger partial charge is 0.441 e. The monoisotopic (exact) mass is 308 g/mol. The van der Waals surface area contributed by atoms with Gasteiger partial charge in [0.25, 0.3) is 0 Å². The minimum absolute atomic E-state index is 0.337. The maximum atomic E-state index is 11.6. The lowest BCUT2D eigenvalue weighted by atomic mass is 10.1. The summed E-state index contributed by atoms with van der Waals surface area (Å²) in [6.07, 6.45) is 0. The van der Waals surface area contributed by atoms with Crippen LogP contribution in [0.4, 0.5) is 5.69 Å². The van der Waals surface area contributed by atoms with Gasteiger partial charge in [-0.25, -0.2) is 4.79 Å². The van der Waals surface area contributed by atoms with Gasteiger partial charge in [0, 0.05) is 6.92 Å². The molecule has 116 valence electrons. The Balaban J connectivity index is 1.79. The lowest BCUT2D eigenvalue weighted by Crippen LogP contribution is -2.13. The van der Waals surface area contributed by atoms with Crippen LogP contribution in [-0.4, -0.2) is 15.5 Å². The highest BCUT2D eigenvalue weighted by Gasteiger charge is 2.07. The topological polar surface area (TPSA) is 72.4 Å². The average Bonchev–Trinajstić information content (AvgIpc) is 2.92. The van der Waals surface area contributed by atoms with Crippen LogP contribution in [0, 0.1) is 6.92 Å². The van der Waals surface area contributed by atoms with Gasteiger partial charge in [0.15, 0.2) is 0 Å². The van der Waals surface area contributed by atoms with Crippen molar-refractivity contribution in [1.82, 2.24) is 9.78 Å². The molecule has 0 aliphatic rings. The molecule has 0 atom stereocenters. The highest BCUT2D eigenvalue weighted by molar-refractivity contribution is 5.99. The second-order valence-electron chi connectivity index (χ2n) is 5.02. The van der Waals surface area contributed by atoms with E-state index in [0.29, 0.717) is 11.6 Å². The van der Waals surface area contributed by atoms with E-state index >= 15 is 0 Å². The molecule has 2 aromatic carbocycles. The van der Waals surface area contributed by atoms with Gasteiger partial charge in [-0.05, 0) is 36.8 Å². The zero-order chi connectivity index (χ0) is 16.2. The summed E-state index contributed by atoms with van der Waals surface area (Å²) in [5.41, 5.74) is 6.37. The Bertz CT molecular complexity index is 877. The van der Waals surface area contributed by atoms with E-state index in [0.717, 1.165) is 17.0 Å². The third-order valence-corrected chi connectivity index (χ3v) is 3.30. The molecule has 0 saturated heterocycles. The molecule has 6 nitrogen and oxygen atoms in total. The number of hydrazone groups is 1. The molecule has 0 aliphatic heterocycles. The van der Waals surface area contributed by atoms with Crippen molar-refractivity contribution in [2.24, 2.45) is 5.10 Å². The van der Waals surface area contributed by atoms with Crippen LogP contribution in [0.5, 0.6) is 0 Å². The van der Waals surface area contributed by atoms with Gasteiger partial charge in [-0.2, -0.15) is 9.78 Å². The van der Waals surface area contributed by atoms with Crippen molar-refractivity contribution in [2.45, 2.75) is 13.8 Å². The Kier molecular flexibility index (Phi) is 4.05. The second-order valence-corrected chi connectivity index (χ2v) is 5.02. The summed E-state index contributed by atoms with van der Waals surface area (Å²) < 4.78 is 6.13. The number of nitrogens with one attached hydrogen (secondary N) is 1. The third kappa shape index (κ3) is 3.37. The van der Waals surface area contributed by atoms with Crippen LogP contribution in [-0.2, 0) is 0 Å². The van der Waals surface area contributed by atoms with Crippen LogP contribution in [0.2, 0.25) is 0 Å². The molecule has 23 heavy (non-hydrogen) atoms. The van der Waals surface area contributed by atoms with Crippen molar-refractivity contribution in [1.29, 1.82) is 0 Å². The molecular weight excluding hydrogens is 292 g/mol. The van der Waals surface area contributed by atoms with Crippen LogP contribution in [0.25, 0.3) is 5.69 Å². The number of hydrogen-bond donors (Lipinski definition) is 1. The molecular formula is C17H16N4O2.